The van der Waals surface area contributed by atoms with Gasteiger partial charge in [0.2, 0.25) is 5.91 Å². The van der Waals surface area contributed by atoms with Crippen molar-refractivity contribution >= 4 is 5.91 Å². The van der Waals surface area contributed by atoms with E-state index in [0.717, 1.165) is 6.54 Å². The van der Waals surface area contributed by atoms with Crippen molar-refractivity contribution in [1.29, 1.82) is 0 Å². The molecule has 1 saturated heterocycles. The SMILES string of the molecule is CC.CNC1CC(=O)N(C)CC1C. The van der Waals surface area contributed by atoms with E-state index >= 15 is 0 Å². The van der Waals surface area contributed by atoms with Gasteiger partial charge >= 0.3 is 0 Å². The van der Waals surface area contributed by atoms with E-state index in [1.165, 1.54) is 0 Å². The molecule has 1 heterocycles. The second-order valence-corrected chi connectivity index (χ2v) is 3.35. The number of carbonyl (C=O) groups is 1. The highest BCUT2D eigenvalue weighted by Gasteiger charge is 2.27. The fourth-order valence-electron chi connectivity index (χ4n) is 1.59. The van der Waals surface area contributed by atoms with Gasteiger partial charge in [-0.25, -0.2) is 0 Å². The number of amides is 1. The standard InChI is InChI=1S/C8H16N2O.C2H6/c1-6-5-10(3)8(11)4-7(6)9-2;1-2/h6-7,9H,4-5H2,1-3H3;1-2H3. The predicted molar refractivity (Wildman–Crippen MR) is 55.6 cm³/mol. The van der Waals surface area contributed by atoms with Gasteiger partial charge in [-0.15, -0.1) is 0 Å². The van der Waals surface area contributed by atoms with Crippen molar-refractivity contribution in [3.8, 4) is 0 Å². The molecule has 3 nitrogen and oxygen atoms in total. The zero-order chi connectivity index (χ0) is 10.4. The molecule has 1 aliphatic heterocycles. The Balaban J connectivity index is 0.000000671. The summed E-state index contributed by atoms with van der Waals surface area (Å²) >= 11 is 0. The zero-order valence-electron chi connectivity index (χ0n) is 9.42. The van der Waals surface area contributed by atoms with Gasteiger partial charge in [0.15, 0.2) is 0 Å². The van der Waals surface area contributed by atoms with Crippen LogP contribution in [0.1, 0.15) is 27.2 Å². The highest BCUT2D eigenvalue weighted by Crippen LogP contribution is 2.15. The van der Waals surface area contributed by atoms with Crippen LogP contribution in [0.2, 0.25) is 0 Å². The van der Waals surface area contributed by atoms with Crippen LogP contribution < -0.4 is 5.32 Å². The monoisotopic (exact) mass is 186 g/mol. The van der Waals surface area contributed by atoms with Crippen LogP contribution in [0.5, 0.6) is 0 Å². The molecule has 1 amide bonds. The van der Waals surface area contributed by atoms with Crippen molar-refractivity contribution in [2.24, 2.45) is 5.92 Å². The first-order valence-electron chi connectivity index (χ1n) is 5.06. The molecule has 1 N–H and O–H groups in total. The lowest BCUT2D eigenvalue weighted by Crippen LogP contribution is -2.48. The first-order chi connectivity index (χ1) is 6.15. The Hall–Kier alpha value is -0.570. The Kier molecular flexibility index (Phi) is 5.71. The topological polar surface area (TPSA) is 32.3 Å². The number of piperidine rings is 1. The van der Waals surface area contributed by atoms with Crippen LogP contribution in [0.3, 0.4) is 0 Å². The van der Waals surface area contributed by atoms with Crippen LogP contribution in [-0.4, -0.2) is 37.5 Å². The Morgan fingerprint density at radius 1 is 1.46 bits per heavy atom. The molecule has 0 aromatic heterocycles. The average Bonchev–Trinajstić information content (AvgIpc) is 2.15. The molecular weight excluding hydrogens is 164 g/mol. The Bertz CT molecular complexity index is 159. The summed E-state index contributed by atoms with van der Waals surface area (Å²) in [4.78, 5) is 13.0. The molecule has 13 heavy (non-hydrogen) atoms. The average molecular weight is 186 g/mol. The molecule has 0 aromatic rings. The third-order valence-corrected chi connectivity index (χ3v) is 2.44. The quantitative estimate of drug-likeness (QED) is 0.665. The summed E-state index contributed by atoms with van der Waals surface area (Å²) in [6, 6.07) is 0.374. The van der Waals surface area contributed by atoms with Crippen LogP contribution in [0, 0.1) is 5.92 Å². The third kappa shape index (κ3) is 3.35. The number of rotatable bonds is 1. The van der Waals surface area contributed by atoms with E-state index in [0.29, 0.717) is 18.4 Å². The number of nitrogens with zero attached hydrogens (tertiary/aromatic N) is 1. The Morgan fingerprint density at radius 3 is 2.46 bits per heavy atom. The third-order valence-electron chi connectivity index (χ3n) is 2.44. The van der Waals surface area contributed by atoms with Crippen LogP contribution in [0.15, 0.2) is 0 Å². The van der Waals surface area contributed by atoms with E-state index < -0.39 is 0 Å². The number of carbonyl (C=O) groups excluding carboxylic acids is 1. The van der Waals surface area contributed by atoms with E-state index in [1.807, 2.05) is 27.9 Å². The number of hydrogen-bond acceptors (Lipinski definition) is 2. The number of nitrogens with one attached hydrogen (secondary N) is 1. The van der Waals surface area contributed by atoms with Crippen molar-refractivity contribution in [3.05, 3.63) is 0 Å². The maximum atomic E-state index is 11.2. The second kappa shape index (κ2) is 5.97. The number of likely N-dealkylation sites (tertiary alicyclic amines) is 1. The molecule has 0 spiro atoms. The molecule has 0 saturated carbocycles. The first-order valence-corrected chi connectivity index (χ1v) is 5.06. The summed E-state index contributed by atoms with van der Waals surface area (Å²) in [5.41, 5.74) is 0. The van der Waals surface area contributed by atoms with Gasteiger partial charge in [-0.3, -0.25) is 4.79 Å². The lowest BCUT2D eigenvalue weighted by Gasteiger charge is -2.34. The largest absolute Gasteiger partial charge is 0.345 e. The van der Waals surface area contributed by atoms with Gasteiger partial charge in [0, 0.05) is 26.1 Å². The Labute approximate surface area is 81.5 Å². The van der Waals surface area contributed by atoms with E-state index in [9.17, 15) is 4.79 Å². The summed E-state index contributed by atoms with van der Waals surface area (Å²) in [6.45, 7) is 7.05. The van der Waals surface area contributed by atoms with Gasteiger partial charge in [0.05, 0.1) is 0 Å². The lowest BCUT2D eigenvalue weighted by atomic mass is 9.94. The molecule has 0 bridgehead atoms. The van der Waals surface area contributed by atoms with Crippen molar-refractivity contribution in [2.75, 3.05) is 20.6 Å². The molecule has 0 aliphatic carbocycles. The van der Waals surface area contributed by atoms with E-state index in [4.69, 9.17) is 0 Å². The van der Waals surface area contributed by atoms with Crippen LogP contribution in [0.25, 0.3) is 0 Å². The maximum absolute atomic E-state index is 11.2. The summed E-state index contributed by atoms with van der Waals surface area (Å²) in [5, 5.41) is 3.16. The van der Waals surface area contributed by atoms with Crippen molar-refractivity contribution in [2.45, 2.75) is 33.2 Å². The fraction of sp³-hybridized carbons (Fsp3) is 0.900. The number of hydrogen-bond donors (Lipinski definition) is 1. The van der Waals surface area contributed by atoms with E-state index in [-0.39, 0.29) is 5.91 Å². The highest BCUT2D eigenvalue weighted by molar-refractivity contribution is 5.77. The predicted octanol–water partition coefficient (Wildman–Crippen LogP) is 1.10. The lowest BCUT2D eigenvalue weighted by molar-refractivity contribution is -0.134. The highest BCUT2D eigenvalue weighted by atomic mass is 16.2. The van der Waals surface area contributed by atoms with Crippen molar-refractivity contribution in [3.63, 3.8) is 0 Å². The van der Waals surface area contributed by atoms with Crippen molar-refractivity contribution < 1.29 is 4.79 Å². The van der Waals surface area contributed by atoms with Gasteiger partial charge in [0.25, 0.3) is 0 Å². The zero-order valence-corrected chi connectivity index (χ0v) is 9.42. The molecule has 1 fully saturated rings. The van der Waals surface area contributed by atoms with E-state index in [1.54, 1.807) is 4.90 Å². The van der Waals surface area contributed by atoms with Gasteiger partial charge in [-0.2, -0.15) is 0 Å². The van der Waals surface area contributed by atoms with Gasteiger partial charge in [0.1, 0.15) is 0 Å². The summed E-state index contributed by atoms with van der Waals surface area (Å²) in [7, 11) is 3.78. The minimum atomic E-state index is 0.252. The summed E-state index contributed by atoms with van der Waals surface area (Å²) in [5.74, 6) is 0.824. The Morgan fingerprint density at radius 2 is 2.00 bits per heavy atom. The minimum Gasteiger partial charge on any atom is -0.345 e. The van der Waals surface area contributed by atoms with Gasteiger partial charge < -0.3 is 10.2 Å². The van der Waals surface area contributed by atoms with Crippen LogP contribution in [-0.2, 0) is 4.79 Å². The molecule has 2 atom stereocenters. The van der Waals surface area contributed by atoms with E-state index in [2.05, 4.69) is 12.2 Å². The molecule has 78 valence electrons. The van der Waals surface area contributed by atoms with Crippen molar-refractivity contribution in [1.82, 2.24) is 10.2 Å². The fourth-order valence-corrected chi connectivity index (χ4v) is 1.59. The summed E-state index contributed by atoms with van der Waals surface area (Å²) in [6.07, 6.45) is 0.647. The van der Waals surface area contributed by atoms with Gasteiger partial charge in [-0.05, 0) is 13.0 Å². The van der Waals surface area contributed by atoms with Gasteiger partial charge in [-0.1, -0.05) is 20.8 Å². The summed E-state index contributed by atoms with van der Waals surface area (Å²) < 4.78 is 0. The molecule has 1 rings (SSSR count). The minimum absolute atomic E-state index is 0.252. The molecule has 3 heteroatoms. The maximum Gasteiger partial charge on any atom is 0.223 e. The molecule has 1 aliphatic rings. The smallest absolute Gasteiger partial charge is 0.223 e. The van der Waals surface area contributed by atoms with Crippen LogP contribution >= 0.6 is 0 Å². The molecule has 0 radical (unpaired) electrons. The van der Waals surface area contributed by atoms with Crippen LogP contribution in [0.4, 0.5) is 0 Å². The molecule has 0 aromatic carbocycles. The second-order valence-electron chi connectivity index (χ2n) is 3.35. The molecular formula is C10H22N2O. The molecule has 2 unspecified atom stereocenters. The first kappa shape index (κ1) is 12.4. The normalized spacial score (nSPS) is 28.1.